The minimum Gasteiger partial charge on any atom is -0.470 e. The summed E-state index contributed by atoms with van der Waals surface area (Å²) in [7, 11) is -3.66. The van der Waals surface area contributed by atoms with Gasteiger partial charge in [0, 0.05) is 10.8 Å². The Morgan fingerprint density at radius 3 is 2.29 bits per heavy atom. The maximum Gasteiger partial charge on any atom is 0.268 e. The van der Waals surface area contributed by atoms with Crippen LogP contribution in [-0.2, 0) is 10.0 Å². The molecule has 0 saturated carbocycles. The second kappa shape index (κ2) is 4.23. The van der Waals surface area contributed by atoms with Crippen molar-refractivity contribution in [1.29, 1.82) is 0 Å². The molecule has 0 aliphatic rings. The minimum atomic E-state index is -3.66. The van der Waals surface area contributed by atoms with Crippen LogP contribution in [0.5, 0.6) is 0 Å². The van der Waals surface area contributed by atoms with Crippen LogP contribution in [0, 0.1) is 0 Å². The second-order valence-electron chi connectivity index (χ2n) is 4.77. The largest absolute Gasteiger partial charge is 0.470 e. The third-order valence-electron chi connectivity index (χ3n) is 3.55. The van der Waals surface area contributed by atoms with Crippen LogP contribution in [0.3, 0.4) is 0 Å². The number of nitrogens with zero attached hydrogens (tertiary/aromatic N) is 1. The molecule has 0 amide bonds. The van der Waals surface area contributed by atoms with E-state index in [1.165, 1.54) is 10.2 Å². The molecule has 21 heavy (non-hydrogen) atoms. The zero-order valence-electron chi connectivity index (χ0n) is 10.9. The van der Waals surface area contributed by atoms with Crippen molar-refractivity contribution in [2.45, 2.75) is 4.90 Å². The lowest BCUT2D eigenvalue weighted by atomic mass is 10.2. The molecule has 0 radical (unpaired) electrons. The molecule has 0 fully saturated rings. The van der Waals surface area contributed by atoms with Crippen molar-refractivity contribution < 1.29 is 12.8 Å². The van der Waals surface area contributed by atoms with Gasteiger partial charge in [0.15, 0.2) is 0 Å². The van der Waals surface area contributed by atoms with Gasteiger partial charge in [-0.3, -0.25) is 0 Å². The van der Waals surface area contributed by atoms with E-state index in [-0.39, 0.29) is 4.90 Å². The molecule has 5 heteroatoms. The summed E-state index contributed by atoms with van der Waals surface area (Å²) in [6.07, 6.45) is 3.05. The molecule has 2 heterocycles. The van der Waals surface area contributed by atoms with E-state index in [1.807, 2.05) is 18.2 Å². The Morgan fingerprint density at radius 2 is 1.48 bits per heavy atom. The molecule has 104 valence electrons. The number of hydrogen-bond acceptors (Lipinski definition) is 3. The van der Waals surface area contributed by atoms with Crippen LogP contribution in [0.25, 0.3) is 21.8 Å². The predicted octanol–water partition coefficient (Wildman–Crippen LogP) is 3.62. The number of rotatable bonds is 2. The Morgan fingerprint density at radius 1 is 0.762 bits per heavy atom. The van der Waals surface area contributed by atoms with Gasteiger partial charge in [0.05, 0.1) is 10.4 Å². The molecule has 0 aliphatic heterocycles. The van der Waals surface area contributed by atoms with E-state index in [4.69, 9.17) is 4.42 Å². The van der Waals surface area contributed by atoms with Crippen molar-refractivity contribution in [3.05, 3.63) is 67.1 Å². The molecule has 4 nitrogen and oxygen atoms in total. The molecule has 0 atom stereocenters. The molecule has 0 aliphatic carbocycles. The van der Waals surface area contributed by atoms with Crippen LogP contribution < -0.4 is 0 Å². The average Bonchev–Trinajstić information content (AvgIpc) is 3.08. The number of benzene rings is 2. The van der Waals surface area contributed by atoms with Crippen molar-refractivity contribution in [3.8, 4) is 0 Å². The van der Waals surface area contributed by atoms with E-state index in [0.29, 0.717) is 11.0 Å². The predicted molar refractivity (Wildman–Crippen MR) is 80.7 cm³/mol. The van der Waals surface area contributed by atoms with Crippen molar-refractivity contribution in [1.82, 2.24) is 3.97 Å². The number of hydrogen-bond donors (Lipinski definition) is 0. The van der Waals surface area contributed by atoms with Gasteiger partial charge in [-0.2, -0.15) is 0 Å². The number of para-hydroxylation sites is 1. The van der Waals surface area contributed by atoms with Gasteiger partial charge in [0.2, 0.25) is 0 Å². The summed E-state index contributed by atoms with van der Waals surface area (Å²) >= 11 is 0. The smallest absolute Gasteiger partial charge is 0.268 e. The van der Waals surface area contributed by atoms with E-state index >= 15 is 0 Å². The van der Waals surface area contributed by atoms with E-state index in [1.54, 1.807) is 42.7 Å². The number of furan rings is 1. The molecule has 2 aromatic carbocycles. The number of aromatic nitrogens is 1. The quantitative estimate of drug-likeness (QED) is 0.568. The maximum atomic E-state index is 12.9. The van der Waals surface area contributed by atoms with Crippen LogP contribution in [0.15, 0.2) is 76.4 Å². The molecule has 0 bridgehead atoms. The number of fused-ring (bicyclic) bond motifs is 3. The van der Waals surface area contributed by atoms with E-state index in [2.05, 4.69) is 0 Å². The Hall–Kier alpha value is -2.53. The fraction of sp³-hybridized carbons (Fsp3) is 0. The fourth-order valence-electron chi connectivity index (χ4n) is 2.61. The zero-order valence-corrected chi connectivity index (χ0v) is 11.7. The summed E-state index contributed by atoms with van der Waals surface area (Å²) in [6, 6.07) is 15.8. The van der Waals surface area contributed by atoms with Crippen LogP contribution in [0.1, 0.15) is 0 Å². The minimum absolute atomic E-state index is 0.258. The molecule has 0 unspecified atom stereocenters. The maximum absolute atomic E-state index is 12.9. The van der Waals surface area contributed by atoms with Gasteiger partial charge in [0.25, 0.3) is 10.0 Å². The van der Waals surface area contributed by atoms with Crippen molar-refractivity contribution in [2.24, 2.45) is 0 Å². The summed E-state index contributed by atoms with van der Waals surface area (Å²) in [5.41, 5.74) is 1.21. The summed E-state index contributed by atoms with van der Waals surface area (Å²) in [4.78, 5) is 0.258. The first-order valence-electron chi connectivity index (χ1n) is 6.45. The molecule has 4 rings (SSSR count). The van der Waals surface area contributed by atoms with Crippen LogP contribution in [0.4, 0.5) is 0 Å². The van der Waals surface area contributed by atoms with Crippen molar-refractivity contribution in [3.63, 3.8) is 0 Å². The first-order valence-corrected chi connectivity index (χ1v) is 7.89. The van der Waals surface area contributed by atoms with Crippen molar-refractivity contribution >= 4 is 31.8 Å². The molecule has 4 aromatic rings. The fourth-order valence-corrected chi connectivity index (χ4v) is 4.14. The summed E-state index contributed by atoms with van der Waals surface area (Å²) in [6.45, 7) is 0. The van der Waals surface area contributed by atoms with Crippen molar-refractivity contribution in [2.75, 3.05) is 0 Å². The Labute approximate surface area is 121 Å². The highest BCUT2D eigenvalue weighted by atomic mass is 32.2. The lowest BCUT2D eigenvalue weighted by Gasteiger charge is -2.08. The third-order valence-corrected chi connectivity index (χ3v) is 5.30. The Kier molecular flexibility index (Phi) is 2.46. The molecule has 0 saturated heterocycles. The third kappa shape index (κ3) is 1.64. The topological polar surface area (TPSA) is 52.2 Å². The molecule has 0 spiro atoms. The van der Waals surface area contributed by atoms with Gasteiger partial charge in [-0.1, -0.05) is 36.4 Å². The monoisotopic (exact) mass is 297 g/mol. The van der Waals surface area contributed by atoms with Crippen LogP contribution in [0.2, 0.25) is 0 Å². The summed E-state index contributed by atoms with van der Waals surface area (Å²) in [5, 5.41) is 1.66. The van der Waals surface area contributed by atoms with Crippen LogP contribution in [-0.4, -0.2) is 12.4 Å². The second-order valence-corrected chi connectivity index (χ2v) is 6.56. The first-order chi connectivity index (χ1) is 10.2. The normalized spacial score (nSPS) is 12.2. The Balaban J connectivity index is 2.16. The van der Waals surface area contributed by atoms with E-state index in [9.17, 15) is 8.42 Å². The lowest BCUT2D eigenvalue weighted by Crippen LogP contribution is -2.12. The van der Waals surface area contributed by atoms with Gasteiger partial charge >= 0.3 is 0 Å². The van der Waals surface area contributed by atoms with E-state index < -0.39 is 10.0 Å². The van der Waals surface area contributed by atoms with Gasteiger partial charge in [-0.15, -0.1) is 0 Å². The SMILES string of the molecule is O=S(=O)(c1ccccc1)n1c2ccccc2c2cocc21. The van der Waals surface area contributed by atoms with Gasteiger partial charge in [-0.25, -0.2) is 12.4 Å². The molecular weight excluding hydrogens is 286 g/mol. The van der Waals surface area contributed by atoms with Gasteiger partial charge in [0.1, 0.15) is 18.0 Å². The van der Waals surface area contributed by atoms with Gasteiger partial charge < -0.3 is 4.42 Å². The van der Waals surface area contributed by atoms with E-state index in [0.717, 1.165) is 10.8 Å². The highest BCUT2D eigenvalue weighted by molar-refractivity contribution is 7.90. The molecule has 0 N–H and O–H groups in total. The lowest BCUT2D eigenvalue weighted by molar-refractivity contribution is 0.569. The highest BCUT2D eigenvalue weighted by Crippen LogP contribution is 2.32. The first kappa shape index (κ1) is 12.2. The molecule has 2 aromatic heterocycles. The summed E-state index contributed by atoms with van der Waals surface area (Å²) < 4.78 is 32.4. The Bertz CT molecular complexity index is 1040. The highest BCUT2D eigenvalue weighted by Gasteiger charge is 2.23. The zero-order chi connectivity index (χ0) is 14.4. The molecular formula is C16H11NO3S. The summed E-state index contributed by atoms with van der Waals surface area (Å²) in [5.74, 6) is 0. The standard InChI is InChI=1S/C16H11NO3S/c18-21(19,12-6-2-1-3-7-12)17-15-9-5-4-8-13(15)14-10-20-11-16(14)17/h1-11H. The van der Waals surface area contributed by atoms with Crippen LogP contribution >= 0.6 is 0 Å². The average molecular weight is 297 g/mol. The van der Waals surface area contributed by atoms with Gasteiger partial charge in [-0.05, 0) is 18.2 Å².